The lowest BCUT2D eigenvalue weighted by Gasteiger charge is -2.35. The van der Waals surface area contributed by atoms with E-state index in [1.807, 2.05) is 38.1 Å². The molecule has 0 saturated heterocycles. The first-order valence-corrected chi connectivity index (χ1v) is 17.1. The van der Waals surface area contributed by atoms with Gasteiger partial charge >= 0.3 is 13.7 Å². The van der Waals surface area contributed by atoms with E-state index in [-0.39, 0.29) is 25.1 Å². The molecule has 0 aliphatic rings. The molecule has 4 rings (SSSR count). The normalized spacial score (nSPS) is 15.2. The predicted octanol–water partition coefficient (Wildman–Crippen LogP) is 7.40. The van der Waals surface area contributed by atoms with Crippen LogP contribution in [-0.4, -0.2) is 45.9 Å². The van der Waals surface area contributed by atoms with Crippen LogP contribution in [0, 0.1) is 0 Å². The van der Waals surface area contributed by atoms with Gasteiger partial charge in [-0.2, -0.15) is 5.09 Å². The fourth-order valence-corrected chi connectivity index (χ4v) is 6.83. The molecule has 1 unspecified atom stereocenters. The van der Waals surface area contributed by atoms with Crippen molar-refractivity contribution in [1.82, 2.24) is 19.6 Å². The van der Waals surface area contributed by atoms with E-state index in [4.69, 9.17) is 40.8 Å². The number of halogens is 1. The van der Waals surface area contributed by atoms with Crippen molar-refractivity contribution in [1.29, 1.82) is 0 Å². The second-order valence-electron chi connectivity index (χ2n) is 11.5. The SMILES string of the molecule is CCCCC(C)(CO[P@](=O)(N[C@@H](C)C(=O)OC(C)C)Oc1ccc(Cl)cc1)n1c(COCC)nc2c(N)nc3ccccc3c21. The van der Waals surface area contributed by atoms with Crippen LogP contribution in [0.3, 0.4) is 0 Å². The smallest absolute Gasteiger partial charge is 0.459 e. The molecule has 3 N–H and O–H groups in total. The Labute approximate surface area is 269 Å². The van der Waals surface area contributed by atoms with Gasteiger partial charge < -0.3 is 24.3 Å². The molecule has 0 saturated carbocycles. The van der Waals surface area contributed by atoms with Gasteiger partial charge in [0.2, 0.25) is 0 Å². The zero-order valence-corrected chi connectivity index (χ0v) is 28.4. The summed E-state index contributed by atoms with van der Waals surface area (Å²) in [5, 5.41) is 4.14. The van der Waals surface area contributed by atoms with Gasteiger partial charge in [0, 0.05) is 17.0 Å². The highest BCUT2D eigenvalue weighted by Crippen LogP contribution is 2.47. The molecule has 2 aromatic carbocycles. The largest absolute Gasteiger partial charge is 0.462 e. The minimum absolute atomic E-state index is 0.0715. The molecule has 0 aliphatic heterocycles. The van der Waals surface area contributed by atoms with Gasteiger partial charge in [-0.15, -0.1) is 0 Å². The number of benzene rings is 2. The summed E-state index contributed by atoms with van der Waals surface area (Å²) in [4.78, 5) is 22.2. The average Bonchev–Trinajstić information content (AvgIpc) is 3.40. The second kappa shape index (κ2) is 14.9. The lowest BCUT2D eigenvalue weighted by Crippen LogP contribution is -2.40. The van der Waals surface area contributed by atoms with Crippen molar-refractivity contribution >= 4 is 53.1 Å². The average molecular weight is 660 g/mol. The van der Waals surface area contributed by atoms with Crippen LogP contribution in [0.1, 0.15) is 66.6 Å². The number of carbonyl (C=O) groups is 1. The second-order valence-corrected chi connectivity index (χ2v) is 13.6. The van der Waals surface area contributed by atoms with Crippen molar-refractivity contribution in [2.24, 2.45) is 0 Å². The number of para-hydroxylation sites is 1. The zero-order chi connectivity index (χ0) is 32.8. The zero-order valence-electron chi connectivity index (χ0n) is 26.7. The van der Waals surface area contributed by atoms with Crippen LogP contribution in [0.5, 0.6) is 5.75 Å². The quantitative estimate of drug-likeness (QED) is 0.0924. The first-order valence-electron chi connectivity index (χ1n) is 15.2. The molecule has 0 spiro atoms. The van der Waals surface area contributed by atoms with E-state index in [1.54, 1.807) is 45.0 Å². The lowest BCUT2D eigenvalue weighted by molar-refractivity contribution is -0.149. The third-order valence-electron chi connectivity index (χ3n) is 7.28. The Morgan fingerprint density at radius 2 is 1.82 bits per heavy atom. The standard InChI is InChI=1S/C32H43ClN5O6P/c1-7-9-18-32(6,38-27(19-41-8-2)36-28-29(38)25-12-10-11-13-26(25)35-30(28)34)20-42-45(40,37-22(5)31(39)43-21(3)4)44-24-16-14-23(33)15-17-24/h10-17,21-22H,7-9,18-20H2,1-6H3,(H2,34,35)(H,37,40)/t22-,32?,45+/m0/s1. The first-order chi connectivity index (χ1) is 21.4. The Morgan fingerprint density at radius 1 is 1.11 bits per heavy atom. The number of anilines is 1. The Bertz CT molecular complexity index is 1660. The van der Waals surface area contributed by atoms with Gasteiger partial charge in [0.1, 0.15) is 29.7 Å². The number of aromatic nitrogens is 3. The molecule has 0 fully saturated rings. The molecule has 0 radical (unpaired) electrons. The van der Waals surface area contributed by atoms with Gasteiger partial charge in [-0.05, 0) is 71.4 Å². The number of imidazole rings is 1. The minimum Gasteiger partial charge on any atom is -0.462 e. The summed E-state index contributed by atoms with van der Waals surface area (Å²) in [5.74, 6) is 0.602. The van der Waals surface area contributed by atoms with Crippen molar-refractivity contribution in [3.05, 3.63) is 59.4 Å². The van der Waals surface area contributed by atoms with Crippen LogP contribution < -0.4 is 15.3 Å². The maximum absolute atomic E-state index is 14.5. The van der Waals surface area contributed by atoms with E-state index >= 15 is 0 Å². The number of nitrogens with zero attached hydrogens (tertiary/aromatic N) is 3. The summed E-state index contributed by atoms with van der Waals surface area (Å²) in [7, 11) is -4.19. The molecule has 3 atom stereocenters. The monoisotopic (exact) mass is 659 g/mol. The molecule has 0 bridgehead atoms. The topological polar surface area (TPSA) is 140 Å². The fourth-order valence-electron chi connectivity index (χ4n) is 5.10. The summed E-state index contributed by atoms with van der Waals surface area (Å²) in [6.45, 7) is 11.7. The number of nitrogens with one attached hydrogen (secondary N) is 1. The highest BCUT2D eigenvalue weighted by atomic mass is 35.5. The first kappa shape index (κ1) is 34.7. The molecule has 2 aromatic heterocycles. The number of nitrogen functional groups attached to an aromatic ring is 1. The highest BCUT2D eigenvalue weighted by Gasteiger charge is 2.39. The lowest BCUT2D eigenvalue weighted by atomic mass is 9.94. The van der Waals surface area contributed by atoms with E-state index in [9.17, 15) is 9.36 Å². The van der Waals surface area contributed by atoms with E-state index in [2.05, 4.69) is 21.6 Å². The molecular formula is C32H43ClN5O6P. The molecular weight excluding hydrogens is 617 g/mol. The van der Waals surface area contributed by atoms with Crippen LogP contribution in [-0.2, 0) is 35.5 Å². The Balaban J connectivity index is 1.81. The third-order valence-corrected chi connectivity index (χ3v) is 9.15. The van der Waals surface area contributed by atoms with E-state index in [0.29, 0.717) is 35.2 Å². The molecule has 0 aliphatic carbocycles. The number of unbranched alkanes of at least 4 members (excludes halogenated alkanes) is 1. The van der Waals surface area contributed by atoms with Gasteiger partial charge in [0.15, 0.2) is 5.82 Å². The van der Waals surface area contributed by atoms with Crippen molar-refractivity contribution < 1.29 is 27.9 Å². The summed E-state index contributed by atoms with van der Waals surface area (Å²) < 4.78 is 40.0. The van der Waals surface area contributed by atoms with Gasteiger partial charge in [-0.1, -0.05) is 49.6 Å². The number of esters is 1. The maximum Gasteiger partial charge on any atom is 0.459 e. The fraction of sp³-hybridized carbons (Fsp3) is 0.469. The van der Waals surface area contributed by atoms with E-state index < -0.39 is 25.3 Å². The molecule has 11 nitrogen and oxygen atoms in total. The number of carbonyl (C=O) groups excluding carboxylic acids is 1. The van der Waals surface area contributed by atoms with Gasteiger partial charge in [0.05, 0.1) is 29.3 Å². The van der Waals surface area contributed by atoms with E-state index in [1.165, 1.54) is 0 Å². The Morgan fingerprint density at radius 3 is 2.49 bits per heavy atom. The molecule has 13 heteroatoms. The number of nitrogens with two attached hydrogens (primary N) is 1. The summed E-state index contributed by atoms with van der Waals surface area (Å²) in [6, 6.07) is 13.1. The molecule has 4 aromatic rings. The summed E-state index contributed by atoms with van der Waals surface area (Å²) in [6.07, 6.45) is 2.02. The number of hydrogen-bond donors (Lipinski definition) is 2. The van der Waals surface area contributed by atoms with Crippen molar-refractivity contribution in [3.8, 4) is 5.75 Å². The van der Waals surface area contributed by atoms with Gasteiger partial charge in [-0.25, -0.2) is 14.5 Å². The van der Waals surface area contributed by atoms with Crippen LogP contribution in [0.25, 0.3) is 21.9 Å². The van der Waals surface area contributed by atoms with Crippen molar-refractivity contribution in [2.75, 3.05) is 18.9 Å². The van der Waals surface area contributed by atoms with E-state index in [0.717, 1.165) is 29.3 Å². The van der Waals surface area contributed by atoms with Gasteiger partial charge in [-0.3, -0.25) is 9.32 Å². The number of rotatable bonds is 16. The Kier molecular flexibility index (Phi) is 11.5. The van der Waals surface area contributed by atoms with Crippen molar-refractivity contribution in [3.63, 3.8) is 0 Å². The number of hydrogen-bond acceptors (Lipinski definition) is 9. The molecule has 244 valence electrons. The van der Waals surface area contributed by atoms with Crippen molar-refractivity contribution in [2.45, 2.75) is 85.1 Å². The van der Waals surface area contributed by atoms with Crippen LogP contribution >= 0.6 is 19.3 Å². The summed E-state index contributed by atoms with van der Waals surface area (Å²) >= 11 is 6.07. The van der Waals surface area contributed by atoms with Crippen LogP contribution in [0.4, 0.5) is 5.82 Å². The molecule has 0 amide bonds. The molecule has 2 heterocycles. The maximum atomic E-state index is 14.5. The highest BCUT2D eigenvalue weighted by molar-refractivity contribution is 7.52. The third kappa shape index (κ3) is 8.34. The summed E-state index contributed by atoms with van der Waals surface area (Å²) in [5.41, 5.74) is 7.69. The van der Waals surface area contributed by atoms with Crippen LogP contribution in [0.2, 0.25) is 5.02 Å². The minimum atomic E-state index is -4.19. The van der Waals surface area contributed by atoms with Gasteiger partial charge in [0.25, 0.3) is 0 Å². The number of fused-ring (bicyclic) bond motifs is 3. The number of pyridine rings is 1. The predicted molar refractivity (Wildman–Crippen MR) is 177 cm³/mol. The number of ether oxygens (including phenoxy) is 2. The molecule has 45 heavy (non-hydrogen) atoms. The van der Waals surface area contributed by atoms with Crippen LogP contribution in [0.15, 0.2) is 48.5 Å². The Hall–Kier alpha value is -3.21.